The molecule has 0 spiro atoms. The molecule has 0 aliphatic carbocycles. The second kappa shape index (κ2) is 4.92. The van der Waals surface area contributed by atoms with Gasteiger partial charge in [0.25, 0.3) is 0 Å². The molecule has 0 aliphatic rings. The largest absolute Gasteiger partial charge is 0.395 e. The van der Waals surface area contributed by atoms with Crippen LogP contribution in [0.15, 0.2) is 19.8 Å². The molecule has 0 aliphatic heterocycles. The zero-order chi connectivity index (χ0) is 14.2. The molecule has 8 nitrogen and oxygen atoms in total. The first-order valence-corrected chi connectivity index (χ1v) is 6.43. The number of hydrogen-bond acceptors (Lipinski definition) is 6. The zero-order valence-electron chi connectivity index (χ0n) is 10.8. The lowest BCUT2D eigenvalue weighted by atomic mass is 10.4. The normalized spacial score (nSPS) is 10.9. The molecule has 0 bridgehead atoms. The molecule has 2 aromatic rings. The van der Waals surface area contributed by atoms with Crippen molar-refractivity contribution in [2.75, 3.05) is 5.73 Å². The molecule has 2 aromatic heterocycles. The molecule has 3 N–H and O–H groups in total. The number of nitrogen functional groups attached to an aromatic ring is 1. The Bertz CT molecular complexity index is 729. The molecule has 0 aromatic carbocycles. The number of nitrogens with zero attached hydrogens (tertiary/aromatic N) is 4. The first-order valence-electron chi connectivity index (χ1n) is 5.62. The minimum absolute atomic E-state index is 0.353. The fourth-order valence-electron chi connectivity index (χ4n) is 1.53. The predicted molar refractivity (Wildman–Crippen MR) is 71.3 cm³/mol. The van der Waals surface area contributed by atoms with Gasteiger partial charge in [-0.25, -0.2) is 0 Å². The third-order valence-corrected chi connectivity index (χ3v) is 3.73. The van der Waals surface area contributed by atoms with E-state index >= 15 is 0 Å². The highest BCUT2D eigenvalue weighted by atomic mass is 32.2. The smallest absolute Gasteiger partial charge is 0.339 e. The van der Waals surface area contributed by atoms with E-state index < -0.39 is 11.1 Å². The van der Waals surface area contributed by atoms with E-state index in [2.05, 4.69) is 15.2 Å². The third kappa shape index (κ3) is 2.41. The van der Waals surface area contributed by atoms with Crippen LogP contribution in [0.1, 0.15) is 12.6 Å². The van der Waals surface area contributed by atoms with Crippen LogP contribution in [-0.2, 0) is 13.6 Å². The first-order chi connectivity index (χ1) is 8.93. The lowest BCUT2D eigenvalue weighted by Gasteiger charge is -2.07. The van der Waals surface area contributed by atoms with Gasteiger partial charge in [0.05, 0.1) is 11.4 Å². The van der Waals surface area contributed by atoms with Gasteiger partial charge in [0, 0.05) is 13.6 Å². The van der Waals surface area contributed by atoms with Crippen LogP contribution >= 0.6 is 11.8 Å². The van der Waals surface area contributed by atoms with Gasteiger partial charge in [0.15, 0.2) is 5.16 Å². The molecule has 0 saturated heterocycles. The highest BCUT2D eigenvalue weighted by Crippen LogP contribution is 2.31. The van der Waals surface area contributed by atoms with Crippen LogP contribution in [0.4, 0.5) is 5.69 Å². The maximum atomic E-state index is 11.3. The van der Waals surface area contributed by atoms with Gasteiger partial charge in [-0.15, -0.1) is 0 Å². The van der Waals surface area contributed by atoms with E-state index in [-0.39, 0.29) is 0 Å². The van der Waals surface area contributed by atoms with Crippen LogP contribution in [0, 0.1) is 6.92 Å². The minimum atomic E-state index is -0.821. The van der Waals surface area contributed by atoms with Crippen molar-refractivity contribution in [1.29, 1.82) is 0 Å². The first kappa shape index (κ1) is 13.4. The molecule has 102 valence electrons. The summed E-state index contributed by atoms with van der Waals surface area (Å²) in [6.45, 7) is 4.40. The molecule has 0 radical (unpaired) electrons. The molecular weight excluding hydrogens is 268 g/mol. The van der Waals surface area contributed by atoms with E-state index in [1.807, 2.05) is 13.8 Å². The van der Waals surface area contributed by atoms with Crippen LogP contribution in [0.5, 0.6) is 0 Å². The highest BCUT2D eigenvalue weighted by molar-refractivity contribution is 7.99. The summed E-state index contributed by atoms with van der Waals surface area (Å²) in [4.78, 5) is 26.2. The number of aryl methyl sites for hydroxylation is 3. The Morgan fingerprint density at radius 3 is 2.74 bits per heavy atom. The predicted octanol–water partition coefficient (Wildman–Crippen LogP) is -0.273. The van der Waals surface area contributed by atoms with Crippen LogP contribution in [-0.4, -0.2) is 24.5 Å². The number of hydrogen-bond donors (Lipinski definition) is 2. The molecule has 0 amide bonds. The van der Waals surface area contributed by atoms with Crippen LogP contribution < -0.4 is 16.9 Å². The molecule has 0 saturated carbocycles. The fraction of sp³-hybridized carbons (Fsp3) is 0.400. The summed E-state index contributed by atoms with van der Waals surface area (Å²) in [6.07, 6.45) is 0. The molecule has 0 unspecified atom stereocenters. The Morgan fingerprint density at radius 1 is 1.42 bits per heavy atom. The Morgan fingerprint density at radius 2 is 2.11 bits per heavy atom. The Kier molecular flexibility index (Phi) is 3.47. The summed E-state index contributed by atoms with van der Waals surface area (Å²) >= 11 is 1.19. The van der Waals surface area contributed by atoms with Gasteiger partial charge in [0.2, 0.25) is 0 Å². The minimum Gasteiger partial charge on any atom is -0.395 e. The van der Waals surface area contributed by atoms with Crippen LogP contribution in [0.2, 0.25) is 0 Å². The quantitative estimate of drug-likeness (QED) is 0.749. The van der Waals surface area contributed by atoms with E-state index in [1.165, 1.54) is 16.4 Å². The van der Waals surface area contributed by atoms with E-state index in [4.69, 9.17) is 5.73 Å². The van der Waals surface area contributed by atoms with Gasteiger partial charge in [0.1, 0.15) is 5.03 Å². The van der Waals surface area contributed by atoms with Crippen molar-refractivity contribution in [3.05, 3.63) is 26.4 Å². The van der Waals surface area contributed by atoms with E-state index in [1.54, 1.807) is 11.7 Å². The summed E-state index contributed by atoms with van der Waals surface area (Å²) in [5, 5.41) is 7.72. The Balaban J connectivity index is 2.50. The summed E-state index contributed by atoms with van der Waals surface area (Å²) in [5.41, 5.74) is 5.65. The van der Waals surface area contributed by atoms with E-state index in [0.717, 1.165) is 5.69 Å². The number of anilines is 1. The maximum absolute atomic E-state index is 11.3. The topological polar surface area (TPSA) is 112 Å². The standard InChI is InChI=1S/C10H14N6O2S/c1-4-16-9(6(11)5(2)13-16)19-10-12-7(17)8(18)14-15(10)3/h4,11H2,1-3H3,(H,14,18). The van der Waals surface area contributed by atoms with Crippen molar-refractivity contribution in [3.63, 3.8) is 0 Å². The lowest BCUT2D eigenvalue weighted by Crippen LogP contribution is -2.33. The fourth-order valence-corrected chi connectivity index (χ4v) is 2.55. The Labute approximate surface area is 112 Å². The number of rotatable bonds is 3. The number of nitrogens with one attached hydrogen (secondary N) is 1. The monoisotopic (exact) mass is 282 g/mol. The summed E-state index contributed by atoms with van der Waals surface area (Å²) in [6, 6.07) is 0. The van der Waals surface area contributed by atoms with Crippen LogP contribution in [0.25, 0.3) is 0 Å². The second-order valence-corrected chi connectivity index (χ2v) is 4.88. The summed E-state index contributed by atoms with van der Waals surface area (Å²) in [5.74, 6) is 0. The number of nitrogens with two attached hydrogens (primary N) is 1. The van der Waals surface area contributed by atoms with E-state index in [0.29, 0.717) is 22.4 Å². The van der Waals surface area contributed by atoms with Crippen molar-refractivity contribution in [2.45, 2.75) is 30.6 Å². The van der Waals surface area contributed by atoms with Gasteiger partial charge >= 0.3 is 11.1 Å². The molecular formula is C10H14N6O2S. The summed E-state index contributed by atoms with van der Waals surface area (Å²) in [7, 11) is 1.60. The van der Waals surface area contributed by atoms with Gasteiger partial charge in [-0.2, -0.15) is 10.1 Å². The molecule has 2 rings (SSSR count). The van der Waals surface area contributed by atoms with Crippen molar-refractivity contribution in [1.82, 2.24) is 24.5 Å². The van der Waals surface area contributed by atoms with Gasteiger partial charge in [-0.1, -0.05) is 0 Å². The maximum Gasteiger partial charge on any atom is 0.339 e. The van der Waals surface area contributed by atoms with Crippen molar-refractivity contribution >= 4 is 17.4 Å². The molecule has 9 heteroatoms. The average Bonchev–Trinajstić information content (AvgIpc) is 2.63. The second-order valence-electron chi connectivity index (χ2n) is 3.92. The number of H-pyrrole nitrogens is 1. The Hall–Kier alpha value is -2.03. The van der Waals surface area contributed by atoms with Gasteiger partial charge in [-0.3, -0.25) is 24.1 Å². The van der Waals surface area contributed by atoms with Crippen molar-refractivity contribution in [2.24, 2.45) is 7.05 Å². The third-order valence-electron chi connectivity index (χ3n) is 2.56. The molecule has 19 heavy (non-hydrogen) atoms. The zero-order valence-corrected chi connectivity index (χ0v) is 11.6. The molecule has 2 heterocycles. The average molecular weight is 282 g/mol. The molecule has 0 fully saturated rings. The summed E-state index contributed by atoms with van der Waals surface area (Å²) < 4.78 is 3.11. The van der Waals surface area contributed by atoms with Crippen molar-refractivity contribution in [3.8, 4) is 0 Å². The van der Waals surface area contributed by atoms with Crippen LogP contribution in [0.3, 0.4) is 0 Å². The lowest BCUT2D eigenvalue weighted by molar-refractivity contribution is 0.583. The highest BCUT2D eigenvalue weighted by Gasteiger charge is 2.15. The van der Waals surface area contributed by atoms with E-state index in [9.17, 15) is 9.59 Å². The van der Waals surface area contributed by atoms with Gasteiger partial charge in [-0.05, 0) is 25.6 Å². The molecule has 0 atom stereocenters. The number of aromatic amines is 1. The van der Waals surface area contributed by atoms with Gasteiger partial charge < -0.3 is 5.73 Å². The van der Waals surface area contributed by atoms with Crippen molar-refractivity contribution < 1.29 is 0 Å². The SMILES string of the molecule is CCn1nc(C)c(N)c1Sc1nc(=O)c(=O)[nH]n1C. The number of aromatic nitrogens is 5.